The first-order valence-electron chi connectivity index (χ1n) is 11.8. The van der Waals surface area contributed by atoms with Crippen LogP contribution in [0.2, 0.25) is 0 Å². The van der Waals surface area contributed by atoms with Gasteiger partial charge in [-0.2, -0.15) is 4.31 Å². The molecule has 1 saturated heterocycles. The summed E-state index contributed by atoms with van der Waals surface area (Å²) < 4.78 is 27.8. The molecule has 1 aromatic rings. The van der Waals surface area contributed by atoms with Crippen LogP contribution in [0.15, 0.2) is 28.0 Å². The van der Waals surface area contributed by atoms with Crippen molar-refractivity contribution >= 4 is 39.3 Å². The highest BCUT2D eigenvalue weighted by molar-refractivity contribution is 8.01. The summed E-state index contributed by atoms with van der Waals surface area (Å²) in [5, 5.41) is 5.84. The fourth-order valence-electron chi connectivity index (χ4n) is 4.78. The van der Waals surface area contributed by atoms with E-state index in [2.05, 4.69) is 10.6 Å². The molecule has 4 rings (SSSR count). The lowest BCUT2D eigenvalue weighted by atomic mass is 9.94. The molecule has 2 aliphatic heterocycles. The summed E-state index contributed by atoms with van der Waals surface area (Å²) in [5.41, 5.74) is 0.549. The van der Waals surface area contributed by atoms with Crippen molar-refractivity contribution in [2.24, 2.45) is 5.92 Å². The third kappa shape index (κ3) is 5.31. The molecule has 1 atom stereocenters. The van der Waals surface area contributed by atoms with E-state index in [9.17, 15) is 18.0 Å². The quantitative estimate of drug-likeness (QED) is 0.686. The molecule has 1 aromatic carbocycles. The lowest BCUT2D eigenvalue weighted by molar-refractivity contribution is -0.127. The molecule has 176 valence electrons. The highest BCUT2D eigenvalue weighted by atomic mass is 32.2. The lowest BCUT2D eigenvalue weighted by Gasteiger charge is -2.32. The topological polar surface area (TPSA) is 95.6 Å². The maximum atomic E-state index is 13.2. The van der Waals surface area contributed by atoms with Crippen molar-refractivity contribution in [1.29, 1.82) is 0 Å². The summed E-state index contributed by atoms with van der Waals surface area (Å²) >= 11 is 1.43. The van der Waals surface area contributed by atoms with Crippen LogP contribution in [0.4, 0.5) is 5.69 Å². The molecule has 7 nitrogen and oxygen atoms in total. The second kappa shape index (κ2) is 10.1. The van der Waals surface area contributed by atoms with E-state index in [4.69, 9.17) is 0 Å². The molecule has 2 heterocycles. The van der Waals surface area contributed by atoms with Crippen LogP contribution in [0, 0.1) is 5.92 Å². The molecule has 32 heavy (non-hydrogen) atoms. The number of nitrogens with one attached hydrogen (secondary N) is 2. The molecule has 1 saturated carbocycles. The SMILES string of the molecule is CC1Sc2ccc(S(=O)(=O)N3CCC(C(=O)NC4CCCCCCC4)CC3)cc2NC1=O. The zero-order valence-electron chi connectivity index (χ0n) is 18.6. The zero-order chi connectivity index (χ0) is 22.7. The monoisotopic (exact) mass is 479 g/mol. The van der Waals surface area contributed by atoms with E-state index >= 15 is 0 Å². The van der Waals surface area contributed by atoms with Gasteiger partial charge in [-0.05, 0) is 50.8 Å². The maximum absolute atomic E-state index is 13.2. The number of piperidine rings is 1. The van der Waals surface area contributed by atoms with Crippen LogP contribution in [0.3, 0.4) is 0 Å². The first-order valence-corrected chi connectivity index (χ1v) is 14.1. The molecular weight excluding hydrogens is 446 g/mol. The van der Waals surface area contributed by atoms with E-state index in [0.29, 0.717) is 31.6 Å². The minimum absolute atomic E-state index is 0.0789. The van der Waals surface area contributed by atoms with Crippen molar-refractivity contribution in [2.75, 3.05) is 18.4 Å². The van der Waals surface area contributed by atoms with Crippen LogP contribution < -0.4 is 10.6 Å². The highest BCUT2D eigenvalue weighted by Crippen LogP contribution is 2.37. The number of carbonyl (C=O) groups excluding carboxylic acids is 2. The molecule has 0 aromatic heterocycles. The van der Waals surface area contributed by atoms with Crippen molar-refractivity contribution < 1.29 is 18.0 Å². The number of thioether (sulfide) groups is 1. The van der Waals surface area contributed by atoms with Crippen molar-refractivity contribution in [2.45, 2.75) is 85.8 Å². The Labute approximate surface area is 195 Å². The lowest BCUT2D eigenvalue weighted by Crippen LogP contribution is -2.45. The van der Waals surface area contributed by atoms with Crippen molar-refractivity contribution in [1.82, 2.24) is 9.62 Å². The van der Waals surface area contributed by atoms with Gasteiger partial charge in [0.1, 0.15) is 0 Å². The van der Waals surface area contributed by atoms with Gasteiger partial charge in [0.25, 0.3) is 0 Å². The van der Waals surface area contributed by atoms with Crippen LogP contribution >= 0.6 is 11.8 Å². The van der Waals surface area contributed by atoms with E-state index in [1.54, 1.807) is 18.2 Å². The van der Waals surface area contributed by atoms with Crippen molar-refractivity contribution in [3.05, 3.63) is 18.2 Å². The van der Waals surface area contributed by atoms with E-state index in [0.717, 1.165) is 17.7 Å². The van der Waals surface area contributed by atoms with Gasteiger partial charge >= 0.3 is 0 Å². The Kier molecular flexibility index (Phi) is 7.47. The van der Waals surface area contributed by atoms with Crippen LogP contribution in [-0.4, -0.2) is 48.9 Å². The number of nitrogens with zero attached hydrogens (tertiary/aromatic N) is 1. The summed E-state index contributed by atoms with van der Waals surface area (Å²) in [5.74, 6) is -0.170. The van der Waals surface area contributed by atoms with Crippen LogP contribution in [-0.2, 0) is 19.6 Å². The van der Waals surface area contributed by atoms with Crippen LogP contribution in [0.5, 0.6) is 0 Å². The number of anilines is 1. The molecule has 2 amide bonds. The van der Waals surface area contributed by atoms with E-state index in [-0.39, 0.29) is 33.9 Å². The largest absolute Gasteiger partial charge is 0.353 e. The Balaban J connectivity index is 1.35. The first kappa shape index (κ1) is 23.6. The Morgan fingerprint density at radius 2 is 1.72 bits per heavy atom. The third-order valence-corrected chi connectivity index (χ3v) is 9.87. The number of carbonyl (C=O) groups is 2. The fraction of sp³-hybridized carbons (Fsp3) is 0.652. The third-order valence-electron chi connectivity index (χ3n) is 6.80. The van der Waals surface area contributed by atoms with E-state index < -0.39 is 10.0 Å². The average molecular weight is 480 g/mol. The van der Waals surface area contributed by atoms with E-state index in [1.807, 2.05) is 6.92 Å². The molecule has 0 spiro atoms. The minimum atomic E-state index is -3.67. The summed E-state index contributed by atoms with van der Waals surface area (Å²) in [6, 6.07) is 5.18. The van der Waals surface area contributed by atoms with Crippen LogP contribution in [0.25, 0.3) is 0 Å². The smallest absolute Gasteiger partial charge is 0.243 e. The molecule has 1 aliphatic carbocycles. The molecule has 2 fully saturated rings. The maximum Gasteiger partial charge on any atom is 0.243 e. The van der Waals surface area contributed by atoms with E-state index in [1.165, 1.54) is 48.2 Å². The van der Waals surface area contributed by atoms with Gasteiger partial charge in [-0.1, -0.05) is 32.1 Å². The van der Waals surface area contributed by atoms with Gasteiger partial charge in [-0.15, -0.1) is 11.8 Å². The average Bonchev–Trinajstić information content (AvgIpc) is 2.76. The Bertz CT molecular complexity index is 950. The molecule has 9 heteroatoms. The zero-order valence-corrected chi connectivity index (χ0v) is 20.3. The normalized spacial score (nSPS) is 24.2. The Morgan fingerprint density at radius 3 is 2.41 bits per heavy atom. The molecular formula is C23H33N3O4S2. The summed E-state index contributed by atoms with van der Waals surface area (Å²) in [6.07, 6.45) is 9.28. The summed E-state index contributed by atoms with van der Waals surface area (Å²) in [7, 11) is -3.67. The number of amides is 2. The number of benzene rings is 1. The number of sulfonamides is 1. The minimum Gasteiger partial charge on any atom is -0.353 e. The van der Waals surface area contributed by atoms with Gasteiger partial charge < -0.3 is 10.6 Å². The number of rotatable bonds is 4. The summed E-state index contributed by atoms with van der Waals surface area (Å²) in [6.45, 7) is 2.49. The second-order valence-corrected chi connectivity index (χ2v) is 12.5. The molecule has 0 bridgehead atoms. The molecule has 1 unspecified atom stereocenters. The summed E-state index contributed by atoms with van der Waals surface area (Å²) in [4.78, 5) is 25.8. The standard InChI is InChI=1S/C23H33N3O4S2/c1-16-22(27)25-20-15-19(9-10-21(20)31-16)32(29,30)26-13-11-17(12-14-26)23(28)24-18-7-5-3-2-4-6-8-18/h9-10,15-18H,2-8,11-14H2,1H3,(H,24,28)(H,25,27). The Hall–Kier alpha value is -1.58. The van der Waals surface area contributed by atoms with Gasteiger partial charge in [-0.25, -0.2) is 8.42 Å². The number of fused-ring (bicyclic) bond motifs is 1. The van der Waals surface area contributed by atoms with Crippen LogP contribution in [0.1, 0.15) is 64.7 Å². The number of hydrogen-bond acceptors (Lipinski definition) is 5. The predicted molar refractivity (Wildman–Crippen MR) is 126 cm³/mol. The van der Waals surface area contributed by atoms with Gasteiger partial charge in [0.15, 0.2) is 0 Å². The predicted octanol–water partition coefficient (Wildman–Crippen LogP) is 3.75. The van der Waals surface area contributed by atoms with Crippen molar-refractivity contribution in [3.63, 3.8) is 0 Å². The molecule has 0 radical (unpaired) electrons. The van der Waals surface area contributed by atoms with Crippen molar-refractivity contribution in [3.8, 4) is 0 Å². The van der Waals surface area contributed by atoms with Gasteiger partial charge in [0.2, 0.25) is 21.8 Å². The van der Waals surface area contributed by atoms with Gasteiger partial charge in [-0.3, -0.25) is 9.59 Å². The second-order valence-electron chi connectivity index (χ2n) is 9.14. The Morgan fingerprint density at radius 1 is 1.06 bits per heavy atom. The fourth-order valence-corrected chi connectivity index (χ4v) is 7.20. The molecule has 3 aliphatic rings. The first-order chi connectivity index (χ1) is 15.3. The highest BCUT2D eigenvalue weighted by Gasteiger charge is 2.33. The van der Waals surface area contributed by atoms with Gasteiger partial charge in [0, 0.05) is 29.9 Å². The van der Waals surface area contributed by atoms with Gasteiger partial charge in [0.05, 0.1) is 15.8 Å². The number of hydrogen-bond donors (Lipinski definition) is 2. The molecule has 2 N–H and O–H groups in total.